The highest BCUT2D eigenvalue weighted by molar-refractivity contribution is 5.95. The molecule has 0 aliphatic heterocycles. The summed E-state index contributed by atoms with van der Waals surface area (Å²) in [5.74, 6) is -0.660. The third-order valence-corrected chi connectivity index (χ3v) is 2.71. The zero-order valence-electron chi connectivity index (χ0n) is 11.6. The first-order valence-corrected chi connectivity index (χ1v) is 6.64. The first-order chi connectivity index (χ1) is 10.2. The van der Waals surface area contributed by atoms with E-state index in [4.69, 9.17) is 4.52 Å². The van der Waals surface area contributed by atoms with E-state index in [0.29, 0.717) is 18.9 Å². The van der Waals surface area contributed by atoms with Gasteiger partial charge in [-0.25, -0.2) is 9.37 Å². The molecule has 21 heavy (non-hydrogen) atoms. The summed E-state index contributed by atoms with van der Waals surface area (Å²) in [6.45, 7) is 2.83. The van der Waals surface area contributed by atoms with Gasteiger partial charge < -0.3 is 15.2 Å². The Kier molecular flexibility index (Phi) is 5.19. The van der Waals surface area contributed by atoms with Crippen molar-refractivity contribution < 1.29 is 13.7 Å². The molecule has 0 aliphatic rings. The van der Waals surface area contributed by atoms with Gasteiger partial charge in [-0.15, -0.1) is 0 Å². The summed E-state index contributed by atoms with van der Waals surface area (Å²) >= 11 is 0. The fourth-order valence-electron chi connectivity index (χ4n) is 1.67. The number of hydrogen-bond acceptors (Lipinski definition) is 6. The van der Waals surface area contributed by atoms with Crippen molar-refractivity contribution in [1.29, 1.82) is 0 Å². The molecule has 0 radical (unpaired) electrons. The first kappa shape index (κ1) is 14.9. The second kappa shape index (κ2) is 7.32. The number of pyridine rings is 1. The fourth-order valence-corrected chi connectivity index (χ4v) is 1.67. The van der Waals surface area contributed by atoms with Crippen LogP contribution >= 0.6 is 0 Å². The van der Waals surface area contributed by atoms with Crippen molar-refractivity contribution in [3.63, 3.8) is 0 Å². The van der Waals surface area contributed by atoms with Gasteiger partial charge >= 0.3 is 0 Å². The standard InChI is InChI=1S/C13H16FN5O2/c1-2-5-15-12-11(14)9(3-6-16-12)13(20)17-7-4-10-18-8-19-21-10/h3,6,8H,2,4-5,7H2,1H3,(H,15,16)(H,17,20). The number of nitrogens with zero attached hydrogens (tertiary/aromatic N) is 3. The van der Waals surface area contributed by atoms with Crippen molar-refractivity contribution >= 4 is 11.7 Å². The zero-order chi connectivity index (χ0) is 15.1. The molecule has 2 N–H and O–H groups in total. The highest BCUT2D eigenvalue weighted by atomic mass is 19.1. The van der Waals surface area contributed by atoms with Gasteiger partial charge in [-0.2, -0.15) is 4.98 Å². The van der Waals surface area contributed by atoms with Crippen LogP contribution < -0.4 is 10.6 Å². The molecule has 0 bridgehead atoms. The third kappa shape index (κ3) is 3.98. The number of anilines is 1. The summed E-state index contributed by atoms with van der Waals surface area (Å²) in [6, 6.07) is 1.34. The van der Waals surface area contributed by atoms with E-state index in [-0.39, 0.29) is 17.9 Å². The summed E-state index contributed by atoms with van der Waals surface area (Å²) in [5.41, 5.74) is -0.0471. The van der Waals surface area contributed by atoms with Crippen LogP contribution in [-0.2, 0) is 6.42 Å². The summed E-state index contributed by atoms with van der Waals surface area (Å²) < 4.78 is 18.9. The van der Waals surface area contributed by atoms with E-state index in [0.717, 1.165) is 6.42 Å². The van der Waals surface area contributed by atoms with Gasteiger partial charge in [0.1, 0.15) is 0 Å². The minimum atomic E-state index is -0.652. The van der Waals surface area contributed by atoms with Crippen molar-refractivity contribution in [2.45, 2.75) is 19.8 Å². The zero-order valence-corrected chi connectivity index (χ0v) is 11.6. The predicted molar refractivity (Wildman–Crippen MR) is 73.3 cm³/mol. The molecule has 2 rings (SSSR count). The molecule has 0 fully saturated rings. The van der Waals surface area contributed by atoms with Crippen LogP contribution in [0.25, 0.3) is 0 Å². The normalized spacial score (nSPS) is 10.4. The SMILES string of the molecule is CCCNc1nccc(C(=O)NCCc2ncno2)c1F. The van der Waals surface area contributed by atoms with Gasteiger partial charge in [0, 0.05) is 25.7 Å². The molecule has 0 unspecified atom stereocenters. The van der Waals surface area contributed by atoms with E-state index in [2.05, 4.69) is 25.8 Å². The molecule has 0 aromatic carbocycles. The Balaban J connectivity index is 1.95. The van der Waals surface area contributed by atoms with E-state index in [1.54, 1.807) is 0 Å². The van der Waals surface area contributed by atoms with E-state index < -0.39 is 11.7 Å². The van der Waals surface area contributed by atoms with Gasteiger partial charge in [0.25, 0.3) is 5.91 Å². The molecule has 8 heteroatoms. The number of carbonyl (C=O) groups is 1. The lowest BCUT2D eigenvalue weighted by Crippen LogP contribution is -2.27. The lowest BCUT2D eigenvalue weighted by atomic mass is 10.2. The van der Waals surface area contributed by atoms with Crippen LogP contribution in [0.4, 0.5) is 10.2 Å². The Labute approximate surface area is 121 Å². The van der Waals surface area contributed by atoms with Gasteiger partial charge in [0.15, 0.2) is 18.0 Å². The summed E-state index contributed by atoms with van der Waals surface area (Å²) in [6.07, 6.45) is 3.90. The molecule has 7 nitrogen and oxygen atoms in total. The van der Waals surface area contributed by atoms with Gasteiger partial charge in [0.05, 0.1) is 5.56 Å². The van der Waals surface area contributed by atoms with E-state index in [1.807, 2.05) is 6.92 Å². The third-order valence-electron chi connectivity index (χ3n) is 2.71. The molecule has 0 saturated heterocycles. The van der Waals surface area contributed by atoms with Gasteiger partial charge in [-0.05, 0) is 12.5 Å². The molecule has 2 aromatic heterocycles. The molecular weight excluding hydrogens is 277 g/mol. The average molecular weight is 293 g/mol. The van der Waals surface area contributed by atoms with Crippen molar-refractivity contribution in [3.8, 4) is 0 Å². The molecule has 2 aromatic rings. The maximum Gasteiger partial charge on any atom is 0.254 e. The van der Waals surface area contributed by atoms with E-state index >= 15 is 0 Å². The first-order valence-electron chi connectivity index (χ1n) is 6.64. The second-order valence-corrected chi connectivity index (χ2v) is 4.29. The Morgan fingerprint density at radius 1 is 1.38 bits per heavy atom. The van der Waals surface area contributed by atoms with Crippen LogP contribution in [-0.4, -0.2) is 34.1 Å². The number of halogens is 1. The van der Waals surface area contributed by atoms with Crippen molar-refractivity contribution in [2.24, 2.45) is 0 Å². The Morgan fingerprint density at radius 2 is 2.24 bits per heavy atom. The van der Waals surface area contributed by atoms with Gasteiger partial charge in [-0.3, -0.25) is 4.79 Å². The van der Waals surface area contributed by atoms with Crippen LogP contribution in [0, 0.1) is 5.82 Å². The fraction of sp³-hybridized carbons (Fsp3) is 0.385. The van der Waals surface area contributed by atoms with Crippen LogP contribution in [0.1, 0.15) is 29.6 Å². The maximum absolute atomic E-state index is 14.1. The number of nitrogens with one attached hydrogen (secondary N) is 2. The second-order valence-electron chi connectivity index (χ2n) is 4.29. The van der Waals surface area contributed by atoms with Crippen LogP contribution in [0.3, 0.4) is 0 Å². The quantitative estimate of drug-likeness (QED) is 0.801. The van der Waals surface area contributed by atoms with E-state index in [9.17, 15) is 9.18 Å². The van der Waals surface area contributed by atoms with Crippen molar-refractivity contribution in [2.75, 3.05) is 18.4 Å². The molecule has 2 heterocycles. The number of amides is 1. The lowest BCUT2D eigenvalue weighted by Gasteiger charge is -2.09. The van der Waals surface area contributed by atoms with E-state index in [1.165, 1.54) is 18.6 Å². The summed E-state index contributed by atoms with van der Waals surface area (Å²) in [5, 5.41) is 8.89. The predicted octanol–water partition coefficient (Wildman–Crippen LogP) is 1.40. The average Bonchev–Trinajstić information content (AvgIpc) is 2.99. The monoisotopic (exact) mass is 293 g/mol. The summed E-state index contributed by atoms with van der Waals surface area (Å²) in [4.78, 5) is 19.7. The molecule has 1 amide bonds. The maximum atomic E-state index is 14.1. The van der Waals surface area contributed by atoms with Gasteiger partial charge in [-0.1, -0.05) is 12.1 Å². The molecular formula is C13H16FN5O2. The Bertz CT molecular complexity index is 588. The highest BCUT2D eigenvalue weighted by Gasteiger charge is 2.15. The highest BCUT2D eigenvalue weighted by Crippen LogP contribution is 2.14. The van der Waals surface area contributed by atoms with Crippen molar-refractivity contribution in [1.82, 2.24) is 20.4 Å². The summed E-state index contributed by atoms with van der Waals surface area (Å²) in [7, 11) is 0. The smallest absolute Gasteiger partial charge is 0.254 e. The Hall–Kier alpha value is -2.51. The van der Waals surface area contributed by atoms with Gasteiger partial charge in [0.2, 0.25) is 5.89 Å². The Morgan fingerprint density at radius 3 is 2.95 bits per heavy atom. The topological polar surface area (TPSA) is 92.9 Å². The molecule has 112 valence electrons. The largest absolute Gasteiger partial charge is 0.368 e. The molecule has 0 spiro atoms. The minimum absolute atomic E-state index is 0.0471. The molecule has 0 aliphatic carbocycles. The molecule has 0 atom stereocenters. The number of hydrogen-bond donors (Lipinski definition) is 2. The minimum Gasteiger partial charge on any atom is -0.368 e. The van der Waals surface area contributed by atoms with Crippen LogP contribution in [0.5, 0.6) is 0 Å². The van der Waals surface area contributed by atoms with Crippen LogP contribution in [0.2, 0.25) is 0 Å². The molecule has 0 saturated carbocycles. The van der Waals surface area contributed by atoms with Crippen LogP contribution in [0.15, 0.2) is 23.1 Å². The number of rotatable bonds is 7. The number of aromatic nitrogens is 3. The lowest BCUT2D eigenvalue weighted by molar-refractivity contribution is 0.0949. The van der Waals surface area contributed by atoms with Crippen molar-refractivity contribution in [3.05, 3.63) is 35.9 Å². The number of carbonyl (C=O) groups excluding carboxylic acids is 1.